The van der Waals surface area contributed by atoms with Gasteiger partial charge in [0.1, 0.15) is 5.54 Å². The van der Waals surface area contributed by atoms with Crippen LogP contribution in [0.2, 0.25) is 0 Å². The molecule has 2 rings (SSSR count). The summed E-state index contributed by atoms with van der Waals surface area (Å²) >= 11 is 0. The van der Waals surface area contributed by atoms with Crippen molar-refractivity contribution in [1.29, 1.82) is 0 Å². The Bertz CT molecular complexity index is 387. The normalized spacial score (nSPS) is 30.6. The summed E-state index contributed by atoms with van der Waals surface area (Å²) in [4.78, 5) is 27.8. The van der Waals surface area contributed by atoms with E-state index in [0.717, 1.165) is 12.8 Å². The Kier molecular flexibility index (Phi) is 4.52. The highest BCUT2D eigenvalue weighted by molar-refractivity contribution is 5.87. The second kappa shape index (κ2) is 5.99. The predicted octanol–water partition coefficient (Wildman–Crippen LogP) is 1.55. The number of ether oxygens (including phenoxy) is 1. The van der Waals surface area contributed by atoms with Gasteiger partial charge in [0, 0.05) is 13.1 Å². The summed E-state index contributed by atoms with van der Waals surface area (Å²) in [5.74, 6) is -0.882. The van der Waals surface area contributed by atoms with Crippen molar-refractivity contribution in [2.75, 3.05) is 26.3 Å². The Hall–Kier alpha value is -1.30. The molecule has 2 heterocycles. The zero-order valence-electron chi connectivity index (χ0n) is 12.3. The van der Waals surface area contributed by atoms with Crippen LogP contribution in [0.5, 0.6) is 0 Å². The quantitative estimate of drug-likeness (QED) is 0.853. The lowest BCUT2D eigenvalue weighted by molar-refractivity contribution is -0.148. The molecule has 20 heavy (non-hydrogen) atoms. The van der Waals surface area contributed by atoms with Crippen molar-refractivity contribution in [1.82, 2.24) is 9.80 Å². The van der Waals surface area contributed by atoms with Gasteiger partial charge in [-0.1, -0.05) is 13.8 Å². The molecule has 0 aliphatic carbocycles. The van der Waals surface area contributed by atoms with Crippen molar-refractivity contribution >= 4 is 12.0 Å². The van der Waals surface area contributed by atoms with Crippen molar-refractivity contribution in [3.05, 3.63) is 0 Å². The fourth-order valence-electron chi connectivity index (χ4n) is 3.30. The molecule has 2 amide bonds. The molecule has 2 unspecified atom stereocenters. The summed E-state index contributed by atoms with van der Waals surface area (Å²) in [5, 5.41) is 9.57. The minimum atomic E-state index is -1.02. The number of hydrogen-bond donors (Lipinski definition) is 1. The minimum Gasteiger partial charge on any atom is -0.479 e. The number of carbonyl (C=O) groups excluding carboxylic acids is 1. The summed E-state index contributed by atoms with van der Waals surface area (Å²) in [5.41, 5.74) is -1.02. The number of morpholine rings is 1. The second-order valence-corrected chi connectivity index (χ2v) is 5.56. The van der Waals surface area contributed by atoms with Crippen molar-refractivity contribution in [2.24, 2.45) is 0 Å². The number of amides is 2. The van der Waals surface area contributed by atoms with Gasteiger partial charge in [-0.25, -0.2) is 9.59 Å². The number of carboxylic acids is 1. The molecule has 0 aromatic heterocycles. The van der Waals surface area contributed by atoms with E-state index in [1.807, 2.05) is 13.8 Å². The van der Waals surface area contributed by atoms with Crippen LogP contribution in [0.15, 0.2) is 0 Å². The van der Waals surface area contributed by atoms with E-state index in [4.69, 9.17) is 4.74 Å². The van der Waals surface area contributed by atoms with Gasteiger partial charge in [-0.15, -0.1) is 0 Å². The van der Waals surface area contributed by atoms with Crippen LogP contribution in [0.4, 0.5) is 4.79 Å². The lowest BCUT2D eigenvalue weighted by Gasteiger charge is -2.42. The van der Waals surface area contributed by atoms with Crippen molar-refractivity contribution in [2.45, 2.75) is 51.1 Å². The summed E-state index contributed by atoms with van der Waals surface area (Å²) < 4.78 is 5.41. The fraction of sp³-hybridized carbons (Fsp3) is 0.857. The lowest BCUT2D eigenvalue weighted by Crippen LogP contribution is -2.60. The van der Waals surface area contributed by atoms with Crippen molar-refractivity contribution in [3.63, 3.8) is 0 Å². The maximum atomic E-state index is 12.8. The number of hydrogen-bond acceptors (Lipinski definition) is 3. The molecule has 0 aromatic carbocycles. The highest BCUT2D eigenvalue weighted by atomic mass is 16.5. The zero-order valence-corrected chi connectivity index (χ0v) is 12.3. The average molecular weight is 284 g/mol. The number of urea groups is 1. The van der Waals surface area contributed by atoms with E-state index in [2.05, 4.69) is 0 Å². The summed E-state index contributed by atoms with van der Waals surface area (Å²) in [7, 11) is 0. The molecule has 2 aliphatic rings. The number of likely N-dealkylation sites (tertiary alicyclic amines) is 1. The molecule has 0 saturated carbocycles. The van der Waals surface area contributed by atoms with Gasteiger partial charge in [0.25, 0.3) is 0 Å². The molecular weight excluding hydrogens is 260 g/mol. The smallest absolute Gasteiger partial charge is 0.329 e. The van der Waals surface area contributed by atoms with Crippen molar-refractivity contribution in [3.8, 4) is 0 Å². The van der Waals surface area contributed by atoms with E-state index in [9.17, 15) is 14.7 Å². The Morgan fingerprint density at radius 3 is 2.70 bits per heavy atom. The Labute approximate surface area is 119 Å². The first-order chi connectivity index (χ1) is 9.56. The monoisotopic (exact) mass is 284 g/mol. The number of aliphatic carboxylic acids is 1. The maximum Gasteiger partial charge on any atom is 0.329 e. The molecule has 0 bridgehead atoms. The average Bonchev–Trinajstić information content (AvgIpc) is 2.91. The highest BCUT2D eigenvalue weighted by Gasteiger charge is 2.50. The second-order valence-electron chi connectivity index (χ2n) is 5.56. The van der Waals surface area contributed by atoms with E-state index < -0.39 is 11.5 Å². The molecule has 0 radical (unpaired) electrons. The van der Waals surface area contributed by atoms with E-state index in [1.54, 1.807) is 9.80 Å². The van der Waals surface area contributed by atoms with Crippen LogP contribution in [0.3, 0.4) is 0 Å². The molecule has 1 N–H and O–H groups in total. The first-order valence-corrected chi connectivity index (χ1v) is 7.46. The van der Waals surface area contributed by atoms with Crippen LogP contribution in [0.1, 0.15) is 39.5 Å². The number of nitrogens with zero attached hydrogens (tertiary/aromatic N) is 2. The first kappa shape index (κ1) is 15.1. The minimum absolute atomic E-state index is 0.0557. The van der Waals surface area contributed by atoms with Crippen molar-refractivity contribution < 1.29 is 19.4 Å². The molecule has 6 nitrogen and oxygen atoms in total. The van der Waals surface area contributed by atoms with E-state index >= 15 is 0 Å². The van der Waals surface area contributed by atoms with Crippen LogP contribution in [0.25, 0.3) is 0 Å². The topological polar surface area (TPSA) is 70.1 Å². The summed E-state index contributed by atoms with van der Waals surface area (Å²) in [6.07, 6.45) is 2.58. The van der Waals surface area contributed by atoms with E-state index in [1.165, 1.54) is 0 Å². The van der Waals surface area contributed by atoms with E-state index in [0.29, 0.717) is 39.1 Å². The van der Waals surface area contributed by atoms with Crippen LogP contribution >= 0.6 is 0 Å². The van der Waals surface area contributed by atoms with Crippen LogP contribution in [-0.4, -0.2) is 64.8 Å². The van der Waals surface area contributed by atoms with Gasteiger partial charge in [-0.2, -0.15) is 0 Å². The third kappa shape index (κ3) is 2.37. The van der Waals surface area contributed by atoms with Gasteiger partial charge in [0.15, 0.2) is 0 Å². The lowest BCUT2D eigenvalue weighted by atomic mass is 9.93. The molecule has 0 spiro atoms. The van der Waals surface area contributed by atoms with Crippen LogP contribution in [-0.2, 0) is 9.53 Å². The Balaban J connectivity index is 2.20. The standard InChI is InChI=1S/C14H24N2O4/c1-3-11-10-20-9-8-15(11)13(19)16-7-5-6-14(16,4-2)12(17)18/h11H,3-10H2,1-2H3,(H,17,18). The Morgan fingerprint density at radius 2 is 2.10 bits per heavy atom. The third-order valence-corrected chi connectivity index (χ3v) is 4.65. The largest absolute Gasteiger partial charge is 0.479 e. The maximum absolute atomic E-state index is 12.8. The fourth-order valence-corrected chi connectivity index (χ4v) is 3.30. The summed E-state index contributed by atoms with van der Waals surface area (Å²) in [6.45, 7) is 6.02. The molecule has 2 aliphatic heterocycles. The SMILES string of the molecule is CCC1COCCN1C(=O)N1CCCC1(CC)C(=O)O. The number of carbonyl (C=O) groups is 2. The predicted molar refractivity (Wildman–Crippen MR) is 73.6 cm³/mol. The van der Waals surface area contributed by atoms with Gasteiger partial charge < -0.3 is 19.6 Å². The van der Waals surface area contributed by atoms with Crippen LogP contribution in [0, 0.1) is 0 Å². The Morgan fingerprint density at radius 1 is 1.35 bits per heavy atom. The van der Waals surface area contributed by atoms with E-state index in [-0.39, 0.29) is 12.1 Å². The van der Waals surface area contributed by atoms with Gasteiger partial charge in [-0.05, 0) is 25.7 Å². The molecule has 2 atom stereocenters. The molecular formula is C14H24N2O4. The van der Waals surface area contributed by atoms with Gasteiger partial charge in [0.05, 0.1) is 19.3 Å². The molecule has 6 heteroatoms. The first-order valence-electron chi connectivity index (χ1n) is 7.46. The number of rotatable bonds is 3. The third-order valence-electron chi connectivity index (χ3n) is 4.65. The van der Waals surface area contributed by atoms with Gasteiger partial charge in [-0.3, -0.25) is 0 Å². The molecule has 0 aromatic rings. The molecule has 2 fully saturated rings. The van der Waals surface area contributed by atoms with Crippen LogP contribution < -0.4 is 0 Å². The van der Waals surface area contributed by atoms with Gasteiger partial charge >= 0.3 is 12.0 Å². The molecule has 2 saturated heterocycles. The zero-order chi connectivity index (χ0) is 14.8. The van der Waals surface area contributed by atoms with Gasteiger partial charge in [0.2, 0.25) is 0 Å². The summed E-state index contributed by atoms with van der Waals surface area (Å²) in [6, 6.07) is -0.0814. The number of carboxylic acid groups (broad SMARTS) is 1. The molecule has 114 valence electrons. The highest BCUT2D eigenvalue weighted by Crippen LogP contribution is 2.34.